The number of nitrogens with one attached hydrogen (secondary N) is 1. The summed E-state index contributed by atoms with van der Waals surface area (Å²) in [7, 11) is 0. The van der Waals surface area contributed by atoms with Crippen LogP contribution in [-0.2, 0) is 4.74 Å². The Morgan fingerprint density at radius 2 is 2.00 bits per heavy atom. The quantitative estimate of drug-likeness (QED) is 0.674. The molecule has 0 radical (unpaired) electrons. The summed E-state index contributed by atoms with van der Waals surface area (Å²) in [4.78, 5) is 4.44. The lowest BCUT2D eigenvalue weighted by Gasteiger charge is -2.27. The van der Waals surface area contributed by atoms with E-state index in [4.69, 9.17) is 15.2 Å². The van der Waals surface area contributed by atoms with E-state index in [-0.39, 0.29) is 0 Å². The molecule has 2 heterocycles. The highest BCUT2D eigenvalue weighted by Gasteiger charge is 2.22. The maximum absolute atomic E-state index is 9.64. The van der Waals surface area contributed by atoms with Crippen molar-refractivity contribution >= 4 is 5.82 Å². The summed E-state index contributed by atoms with van der Waals surface area (Å²) in [6, 6.07) is 12.3. The molecule has 0 amide bonds. The van der Waals surface area contributed by atoms with Gasteiger partial charge in [-0.1, -0.05) is 19.9 Å². The minimum absolute atomic E-state index is 0.369. The summed E-state index contributed by atoms with van der Waals surface area (Å²) in [5.74, 6) is 1.89. The van der Waals surface area contributed by atoms with E-state index in [0.717, 1.165) is 49.4 Å². The summed E-state index contributed by atoms with van der Waals surface area (Å²) in [5.41, 5.74) is 8.37. The number of pyridine rings is 1. The minimum Gasteiger partial charge on any atom is -0.490 e. The van der Waals surface area contributed by atoms with Gasteiger partial charge < -0.3 is 20.5 Å². The number of nitrogens with two attached hydrogens (primary N) is 1. The van der Waals surface area contributed by atoms with Crippen molar-refractivity contribution in [3.8, 4) is 22.9 Å². The third kappa shape index (κ3) is 6.19. The van der Waals surface area contributed by atoms with Gasteiger partial charge in [-0.05, 0) is 67.5 Å². The first kappa shape index (κ1) is 22.1. The number of aromatic nitrogens is 1. The fourth-order valence-corrected chi connectivity index (χ4v) is 3.90. The molecule has 1 unspecified atom stereocenters. The van der Waals surface area contributed by atoms with Crippen molar-refractivity contribution in [2.24, 2.45) is 11.7 Å². The van der Waals surface area contributed by atoms with Crippen LogP contribution in [0.3, 0.4) is 0 Å². The molecule has 30 heavy (non-hydrogen) atoms. The van der Waals surface area contributed by atoms with Crippen molar-refractivity contribution < 1.29 is 9.47 Å². The van der Waals surface area contributed by atoms with E-state index in [2.05, 4.69) is 30.2 Å². The van der Waals surface area contributed by atoms with Crippen LogP contribution in [0.5, 0.6) is 5.75 Å². The van der Waals surface area contributed by atoms with Crippen molar-refractivity contribution in [2.75, 3.05) is 25.1 Å². The number of rotatable bonds is 8. The minimum atomic E-state index is -0.435. The van der Waals surface area contributed by atoms with Crippen molar-refractivity contribution in [1.82, 2.24) is 4.98 Å². The largest absolute Gasteiger partial charge is 0.490 e. The number of anilines is 1. The number of nitrogens with zero attached hydrogens (tertiary/aromatic N) is 2. The van der Waals surface area contributed by atoms with Crippen molar-refractivity contribution in [2.45, 2.75) is 51.6 Å². The van der Waals surface area contributed by atoms with E-state index in [1.165, 1.54) is 0 Å². The molecule has 1 saturated heterocycles. The molecule has 0 spiro atoms. The molecule has 0 bridgehead atoms. The first-order valence-corrected chi connectivity index (χ1v) is 10.6. The molecule has 2 aromatic rings. The topological polar surface area (TPSA) is 93.2 Å². The number of nitriles is 1. The van der Waals surface area contributed by atoms with Crippen LogP contribution < -0.4 is 15.8 Å². The lowest BCUT2D eigenvalue weighted by Crippen LogP contribution is -2.43. The van der Waals surface area contributed by atoms with Crippen LogP contribution in [0.25, 0.3) is 11.1 Å². The summed E-state index contributed by atoms with van der Waals surface area (Å²) in [6.45, 7) is 8.19. The standard InChI is InChI=1S/C24H32N4O2/c1-17(2)14-24(3,26)16-30-22-5-4-18(12-20(22)15-25)19-6-9-27-23(13-19)28-21-7-10-29-11-8-21/h4-6,9,12-13,17,21H,7-8,10-11,14,16,26H2,1-3H3,(H,27,28). The Morgan fingerprint density at radius 1 is 1.27 bits per heavy atom. The molecule has 0 saturated carbocycles. The zero-order chi connectivity index (χ0) is 21.6. The van der Waals surface area contributed by atoms with Gasteiger partial charge in [-0.2, -0.15) is 5.26 Å². The molecular formula is C24H32N4O2. The first-order chi connectivity index (χ1) is 14.4. The maximum Gasteiger partial charge on any atom is 0.137 e. The summed E-state index contributed by atoms with van der Waals surface area (Å²) in [5, 5.41) is 13.1. The lowest BCUT2D eigenvalue weighted by molar-refractivity contribution is 0.0904. The van der Waals surface area contributed by atoms with Crippen LogP contribution >= 0.6 is 0 Å². The summed E-state index contributed by atoms with van der Waals surface area (Å²) in [6.07, 6.45) is 4.60. The van der Waals surface area contributed by atoms with Crippen molar-refractivity contribution in [3.63, 3.8) is 0 Å². The zero-order valence-corrected chi connectivity index (χ0v) is 18.1. The maximum atomic E-state index is 9.64. The number of hydrogen-bond donors (Lipinski definition) is 2. The van der Waals surface area contributed by atoms with Crippen LogP contribution in [0.1, 0.15) is 45.6 Å². The molecule has 160 valence electrons. The molecular weight excluding hydrogens is 376 g/mol. The fraction of sp³-hybridized carbons (Fsp3) is 0.500. The monoisotopic (exact) mass is 408 g/mol. The van der Waals surface area contributed by atoms with Crippen LogP contribution in [0.15, 0.2) is 36.5 Å². The van der Waals surface area contributed by atoms with Crippen molar-refractivity contribution in [3.05, 3.63) is 42.1 Å². The smallest absolute Gasteiger partial charge is 0.137 e. The molecule has 3 rings (SSSR count). The Hall–Kier alpha value is -2.62. The average molecular weight is 409 g/mol. The number of ether oxygens (including phenoxy) is 2. The number of benzene rings is 1. The molecule has 1 aliphatic heterocycles. The van der Waals surface area contributed by atoms with Gasteiger partial charge >= 0.3 is 0 Å². The zero-order valence-electron chi connectivity index (χ0n) is 18.1. The predicted octanol–water partition coefficient (Wildman–Crippen LogP) is 4.35. The summed E-state index contributed by atoms with van der Waals surface area (Å²) < 4.78 is 11.3. The highest BCUT2D eigenvalue weighted by atomic mass is 16.5. The van der Waals surface area contributed by atoms with Gasteiger partial charge in [-0.15, -0.1) is 0 Å². The van der Waals surface area contributed by atoms with E-state index in [1.807, 2.05) is 37.3 Å². The van der Waals surface area contributed by atoms with Crippen LogP contribution in [0.2, 0.25) is 0 Å². The Balaban J connectivity index is 1.73. The Morgan fingerprint density at radius 3 is 2.70 bits per heavy atom. The molecule has 3 N–H and O–H groups in total. The molecule has 1 aromatic carbocycles. The van der Waals surface area contributed by atoms with Crippen LogP contribution in [0, 0.1) is 17.2 Å². The predicted molar refractivity (Wildman–Crippen MR) is 119 cm³/mol. The van der Waals surface area contributed by atoms with E-state index < -0.39 is 5.54 Å². The van der Waals surface area contributed by atoms with Gasteiger partial charge in [-0.25, -0.2) is 4.98 Å². The molecule has 6 nitrogen and oxygen atoms in total. The SMILES string of the molecule is CC(C)CC(C)(N)COc1ccc(-c2ccnc(NC3CCOCC3)c2)cc1C#N. The molecule has 1 atom stereocenters. The van der Waals surface area contributed by atoms with Gasteiger partial charge in [-0.3, -0.25) is 0 Å². The molecule has 6 heteroatoms. The Kier molecular flexibility index (Phi) is 7.30. The highest BCUT2D eigenvalue weighted by Crippen LogP contribution is 2.28. The molecule has 1 fully saturated rings. The van der Waals surface area contributed by atoms with Crippen molar-refractivity contribution in [1.29, 1.82) is 5.26 Å². The van der Waals surface area contributed by atoms with Crippen LogP contribution in [-0.4, -0.2) is 36.4 Å². The van der Waals surface area contributed by atoms with Gasteiger partial charge in [0.25, 0.3) is 0 Å². The van der Waals surface area contributed by atoms with E-state index in [9.17, 15) is 5.26 Å². The second-order valence-electron chi connectivity index (χ2n) is 8.82. The molecule has 1 aliphatic rings. The van der Waals surface area contributed by atoms with Crippen LogP contribution in [0.4, 0.5) is 5.82 Å². The highest BCUT2D eigenvalue weighted by molar-refractivity contribution is 5.69. The molecule has 0 aliphatic carbocycles. The van der Waals surface area contributed by atoms with Gasteiger partial charge in [0.05, 0.1) is 5.56 Å². The second kappa shape index (κ2) is 9.92. The summed E-state index contributed by atoms with van der Waals surface area (Å²) >= 11 is 0. The molecule has 1 aromatic heterocycles. The van der Waals surface area contributed by atoms with E-state index >= 15 is 0 Å². The third-order valence-corrected chi connectivity index (χ3v) is 5.20. The lowest BCUT2D eigenvalue weighted by atomic mass is 9.93. The van der Waals surface area contributed by atoms with E-state index in [0.29, 0.717) is 29.9 Å². The van der Waals surface area contributed by atoms with Gasteiger partial charge in [0, 0.05) is 31.0 Å². The third-order valence-electron chi connectivity index (χ3n) is 5.20. The van der Waals surface area contributed by atoms with Gasteiger partial charge in [0.15, 0.2) is 0 Å². The Labute approximate surface area is 179 Å². The fourth-order valence-electron chi connectivity index (χ4n) is 3.90. The van der Waals surface area contributed by atoms with E-state index in [1.54, 1.807) is 6.20 Å². The number of hydrogen-bond acceptors (Lipinski definition) is 6. The van der Waals surface area contributed by atoms with Gasteiger partial charge in [0.2, 0.25) is 0 Å². The average Bonchev–Trinajstić information content (AvgIpc) is 2.72. The second-order valence-corrected chi connectivity index (χ2v) is 8.82. The first-order valence-electron chi connectivity index (χ1n) is 10.6. The normalized spacial score (nSPS) is 16.7. The van der Waals surface area contributed by atoms with Gasteiger partial charge in [0.1, 0.15) is 24.2 Å². The Bertz CT molecular complexity index is 883.